The molecule has 0 aliphatic heterocycles. The van der Waals surface area contributed by atoms with Crippen molar-refractivity contribution in [2.45, 2.75) is 72.1 Å². The quantitative estimate of drug-likeness (QED) is 0.501. The summed E-state index contributed by atoms with van der Waals surface area (Å²) in [5, 5.41) is 6.75. The predicted molar refractivity (Wildman–Crippen MR) is 123 cm³/mol. The molecule has 2 rings (SSSR count). The van der Waals surface area contributed by atoms with Gasteiger partial charge in [0.1, 0.15) is 0 Å². The van der Waals surface area contributed by atoms with Gasteiger partial charge in [0.25, 0.3) is 0 Å². The molecule has 0 atom stereocenters. The maximum Gasteiger partial charge on any atom is 0.230 e. The molecule has 0 bridgehead atoms. The SMILES string of the molecule is CCNC(=NCc1cccc(COC(C)(C)C)c1)NCC1(C(=O)N(C)C)CCCC1. The minimum Gasteiger partial charge on any atom is -0.371 e. The first kappa shape index (κ1) is 24.2. The van der Waals surface area contributed by atoms with Gasteiger partial charge in [-0.3, -0.25) is 4.79 Å². The Balaban J connectivity index is 2.03. The van der Waals surface area contributed by atoms with Crippen LogP contribution in [0, 0.1) is 5.41 Å². The van der Waals surface area contributed by atoms with Crippen LogP contribution in [0.4, 0.5) is 0 Å². The Morgan fingerprint density at radius 2 is 1.83 bits per heavy atom. The van der Waals surface area contributed by atoms with Gasteiger partial charge < -0.3 is 20.3 Å². The Bertz CT molecular complexity index is 716. The number of aliphatic imine (C=N–C) groups is 1. The van der Waals surface area contributed by atoms with Crippen LogP contribution < -0.4 is 10.6 Å². The lowest BCUT2D eigenvalue weighted by Crippen LogP contribution is -2.49. The van der Waals surface area contributed by atoms with E-state index in [0.29, 0.717) is 19.7 Å². The van der Waals surface area contributed by atoms with Crippen LogP contribution in [0.25, 0.3) is 0 Å². The summed E-state index contributed by atoms with van der Waals surface area (Å²) in [4.78, 5) is 19.3. The molecule has 6 nitrogen and oxygen atoms in total. The maximum atomic E-state index is 12.8. The van der Waals surface area contributed by atoms with Crippen molar-refractivity contribution in [3.8, 4) is 0 Å². The summed E-state index contributed by atoms with van der Waals surface area (Å²) < 4.78 is 5.89. The highest BCUT2D eigenvalue weighted by molar-refractivity contribution is 5.85. The third-order valence-corrected chi connectivity index (χ3v) is 5.44. The fourth-order valence-corrected chi connectivity index (χ4v) is 3.88. The zero-order chi connectivity index (χ0) is 22.2. The van der Waals surface area contributed by atoms with Crippen LogP contribution in [-0.4, -0.2) is 49.6 Å². The van der Waals surface area contributed by atoms with Crippen molar-refractivity contribution in [3.63, 3.8) is 0 Å². The van der Waals surface area contributed by atoms with Gasteiger partial charge in [-0.15, -0.1) is 0 Å². The third kappa shape index (κ3) is 7.31. The standard InChI is InChI=1S/C24H40N4O2/c1-7-25-22(27-18-24(13-8-9-14-24)21(29)28(5)6)26-16-19-11-10-12-20(15-19)17-30-23(2,3)4/h10-12,15H,7-9,13-14,16-18H2,1-6H3,(H2,25,26,27). The normalized spacial score (nSPS) is 16.4. The van der Waals surface area contributed by atoms with E-state index in [4.69, 9.17) is 9.73 Å². The molecule has 168 valence electrons. The van der Waals surface area contributed by atoms with Crippen LogP contribution in [0.1, 0.15) is 64.5 Å². The Kier molecular flexibility index (Phi) is 8.71. The van der Waals surface area contributed by atoms with E-state index in [1.165, 1.54) is 0 Å². The highest BCUT2D eigenvalue weighted by atomic mass is 16.5. The van der Waals surface area contributed by atoms with Crippen LogP contribution in [0.2, 0.25) is 0 Å². The summed E-state index contributed by atoms with van der Waals surface area (Å²) in [7, 11) is 3.69. The number of ether oxygens (including phenoxy) is 1. The lowest BCUT2D eigenvalue weighted by atomic mass is 9.84. The summed E-state index contributed by atoms with van der Waals surface area (Å²) in [6, 6.07) is 8.36. The lowest BCUT2D eigenvalue weighted by molar-refractivity contribution is -0.138. The second-order valence-corrected chi connectivity index (χ2v) is 9.46. The molecule has 0 unspecified atom stereocenters. The number of amides is 1. The maximum absolute atomic E-state index is 12.8. The van der Waals surface area contributed by atoms with Gasteiger partial charge >= 0.3 is 0 Å². The summed E-state index contributed by atoms with van der Waals surface area (Å²) in [6.07, 6.45) is 4.09. The molecule has 0 saturated heterocycles. The van der Waals surface area contributed by atoms with Crippen LogP contribution >= 0.6 is 0 Å². The highest BCUT2D eigenvalue weighted by Crippen LogP contribution is 2.38. The predicted octanol–water partition coefficient (Wildman–Crippen LogP) is 3.71. The van der Waals surface area contributed by atoms with E-state index in [2.05, 4.69) is 62.6 Å². The molecule has 1 amide bonds. The van der Waals surface area contributed by atoms with Crippen LogP contribution in [-0.2, 0) is 22.7 Å². The van der Waals surface area contributed by atoms with Crippen molar-refractivity contribution in [2.75, 3.05) is 27.2 Å². The fraction of sp³-hybridized carbons (Fsp3) is 0.667. The van der Waals surface area contributed by atoms with Gasteiger partial charge in [-0.2, -0.15) is 0 Å². The largest absolute Gasteiger partial charge is 0.371 e. The van der Waals surface area contributed by atoms with Crippen molar-refractivity contribution in [2.24, 2.45) is 10.4 Å². The summed E-state index contributed by atoms with van der Waals surface area (Å²) in [5.41, 5.74) is 1.82. The van der Waals surface area contributed by atoms with E-state index in [1.54, 1.807) is 4.90 Å². The van der Waals surface area contributed by atoms with E-state index >= 15 is 0 Å². The Labute approximate surface area is 182 Å². The molecule has 2 N–H and O–H groups in total. The number of nitrogens with zero attached hydrogens (tertiary/aromatic N) is 2. The second kappa shape index (κ2) is 10.8. The van der Waals surface area contributed by atoms with Gasteiger partial charge in [-0.25, -0.2) is 4.99 Å². The van der Waals surface area contributed by atoms with Crippen molar-refractivity contribution >= 4 is 11.9 Å². The zero-order valence-corrected chi connectivity index (χ0v) is 19.7. The van der Waals surface area contributed by atoms with E-state index in [0.717, 1.165) is 49.3 Å². The van der Waals surface area contributed by atoms with E-state index < -0.39 is 0 Å². The Hall–Kier alpha value is -2.08. The minimum absolute atomic E-state index is 0.156. The van der Waals surface area contributed by atoms with Crippen molar-refractivity contribution < 1.29 is 9.53 Å². The molecule has 1 aliphatic carbocycles. The molecule has 0 heterocycles. The molecule has 0 spiro atoms. The molecule has 1 fully saturated rings. The Morgan fingerprint density at radius 3 is 2.43 bits per heavy atom. The fourth-order valence-electron chi connectivity index (χ4n) is 3.88. The van der Waals surface area contributed by atoms with Gasteiger partial charge in [0.15, 0.2) is 5.96 Å². The van der Waals surface area contributed by atoms with Gasteiger partial charge in [-0.05, 0) is 51.7 Å². The van der Waals surface area contributed by atoms with Crippen LogP contribution in [0.3, 0.4) is 0 Å². The number of rotatable bonds is 8. The second-order valence-electron chi connectivity index (χ2n) is 9.46. The number of benzene rings is 1. The number of nitrogens with one attached hydrogen (secondary N) is 2. The van der Waals surface area contributed by atoms with Crippen LogP contribution in [0.15, 0.2) is 29.3 Å². The molecule has 0 radical (unpaired) electrons. The summed E-state index contributed by atoms with van der Waals surface area (Å²) >= 11 is 0. The molecular weight excluding hydrogens is 376 g/mol. The first-order valence-corrected chi connectivity index (χ1v) is 11.1. The molecule has 1 aromatic rings. The smallest absolute Gasteiger partial charge is 0.230 e. The average molecular weight is 417 g/mol. The van der Waals surface area contributed by atoms with Crippen LogP contribution in [0.5, 0.6) is 0 Å². The topological polar surface area (TPSA) is 66.0 Å². The number of carbonyl (C=O) groups excluding carboxylic acids is 1. The molecule has 1 aliphatic rings. The molecule has 6 heteroatoms. The van der Waals surface area contributed by atoms with Gasteiger partial charge in [0.05, 0.1) is 24.2 Å². The monoisotopic (exact) mass is 416 g/mol. The van der Waals surface area contributed by atoms with Gasteiger partial charge in [-0.1, -0.05) is 37.1 Å². The molecule has 1 saturated carbocycles. The first-order valence-electron chi connectivity index (χ1n) is 11.1. The van der Waals surface area contributed by atoms with E-state index in [9.17, 15) is 4.79 Å². The lowest BCUT2D eigenvalue weighted by Gasteiger charge is -2.31. The van der Waals surface area contributed by atoms with Crippen molar-refractivity contribution in [3.05, 3.63) is 35.4 Å². The Morgan fingerprint density at radius 1 is 1.17 bits per heavy atom. The minimum atomic E-state index is -0.316. The summed E-state index contributed by atoms with van der Waals surface area (Å²) in [5.74, 6) is 0.974. The number of hydrogen-bond acceptors (Lipinski definition) is 3. The number of hydrogen-bond donors (Lipinski definition) is 2. The molecule has 30 heavy (non-hydrogen) atoms. The highest BCUT2D eigenvalue weighted by Gasteiger charge is 2.42. The first-order chi connectivity index (χ1) is 14.1. The third-order valence-electron chi connectivity index (χ3n) is 5.44. The molecule has 0 aromatic heterocycles. The average Bonchev–Trinajstić information content (AvgIpc) is 3.18. The van der Waals surface area contributed by atoms with Crippen molar-refractivity contribution in [1.82, 2.24) is 15.5 Å². The zero-order valence-electron chi connectivity index (χ0n) is 19.7. The summed E-state index contributed by atoms with van der Waals surface area (Å²) in [6.45, 7) is 10.8. The van der Waals surface area contributed by atoms with Gasteiger partial charge in [0, 0.05) is 27.2 Å². The van der Waals surface area contributed by atoms with E-state index in [-0.39, 0.29) is 16.9 Å². The van der Waals surface area contributed by atoms with E-state index in [1.807, 2.05) is 14.1 Å². The number of guanidine groups is 1. The number of carbonyl (C=O) groups is 1. The van der Waals surface area contributed by atoms with Gasteiger partial charge in [0.2, 0.25) is 5.91 Å². The molecular formula is C24H40N4O2. The molecule has 1 aromatic carbocycles. The van der Waals surface area contributed by atoms with Crippen molar-refractivity contribution in [1.29, 1.82) is 0 Å².